The molecule has 10 nitrogen and oxygen atoms in total. The number of nitrogens with zero attached hydrogens (tertiary/aromatic N) is 1. The predicted octanol–water partition coefficient (Wildman–Crippen LogP) is 0.0612. The third-order valence-electron chi connectivity index (χ3n) is 5.47. The topological polar surface area (TPSA) is 134 Å². The second-order valence-corrected chi connectivity index (χ2v) is 7.68. The Kier molecular flexibility index (Phi) is 7.58. The van der Waals surface area contributed by atoms with Crippen LogP contribution in [0.15, 0.2) is 0 Å². The smallest absolute Gasteiger partial charge is 0.326 e. The third-order valence-corrected chi connectivity index (χ3v) is 5.47. The Hall–Kier alpha value is -2.65. The molecule has 1 spiro atoms. The van der Waals surface area contributed by atoms with Gasteiger partial charge < -0.3 is 20.7 Å². The SMILES string of the molecule is CCCNC(=O)[C@@H](C)NC(=O)COC(=O)CN1C(=O)N[C@]2(CCCC[C@@H]2C)C1=O. The Bertz CT molecular complexity index is 682. The number of carbonyl (C=O) groups is 5. The van der Waals surface area contributed by atoms with E-state index in [4.69, 9.17) is 4.74 Å². The molecule has 1 heterocycles. The molecule has 0 unspecified atom stereocenters. The lowest BCUT2D eigenvalue weighted by molar-refractivity contribution is -0.151. The number of amides is 5. The van der Waals surface area contributed by atoms with Crippen LogP contribution < -0.4 is 16.0 Å². The largest absolute Gasteiger partial charge is 0.454 e. The van der Waals surface area contributed by atoms with E-state index in [1.54, 1.807) is 0 Å². The van der Waals surface area contributed by atoms with Crippen molar-refractivity contribution >= 4 is 29.7 Å². The van der Waals surface area contributed by atoms with Crippen molar-refractivity contribution in [1.29, 1.82) is 0 Å². The molecule has 0 aromatic heterocycles. The fraction of sp³-hybridized carbons (Fsp3) is 0.737. The first-order chi connectivity index (χ1) is 13.7. The van der Waals surface area contributed by atoms with Gasteiger partial charge in [0.2, 0.25) is 5.91 Å². The van der Waals surface area contributed by atoms with Crippen LogP contribution in [-0.2, 0) is 23.9 Å². The van der Waals surface area contributed by atoms with Crippen LogP contribution in [0, 0.1) is 5.92 Å². The van der Waals surface area contributed by atoms with Gasteiger partial charge in [0, 0.05) is 6.54 Å². The number of nitrogens with one attached hydrogen (secondary N) is 3. The quantitative estimate of drug-likeness (QED) is 0.383. The molecule has 0 bridgehead atoms. The molecule has 0 aromatic rings. The van der Waals surface area contributed by atoms with Gasteiger partial charge in [-0.3, -0.25) is 24.1 Å². The lowest BCUT2D eigenvalue weighted by atomic mass is 9.73. The maximum atomic E-state index is 12.8. The Morgan fingerprint density at radius 1 is 1.31 bits per heavy atom. The van der Waals surface area contributed by atoms with E-state index in [9.17, 15) is 24.0 Å². The minimum atomic E-state index is -0.950. The Morgan fingerprint density at radius 2 is 2.03 bits per heavy atom. The molecule has 162 valence electrons. The van der Waals surface area contributed by atoms with Gasteiger partial charge in [0.05, 0.1) is 0 Å². The van der Waals surface area contributed by atoms with Gasteiger partial charge in [-0.15, -0.1) is 0 Å². The number of hydrogen-bond donors (Lipinski definition) is 3. The summed E-state index contributed by atoms with van der Waals surface area (Å²) < 4.78 is 4.87. The van der Waals surface area contributed by atoms with Gasteiger partial charge in [-0.25, -0.2) is 4.79 Å². The first kappa shape index (κ1) is 22.6. The number of imide groups is 1. The molecule has 3 N–H and O–H groups in total. The normalized spacial score (nSPS) is 24.8. The zero-order valence-corrected chi connectivity index (χ0v) is 17.2. The molecule has 5 amide bonds. The molecular formula is C19H30N4O6. The number of carbonyl (C=O) groups excluding carboxylic acids is 5. The molecule has 1 saturated carbocycles. The Balaban J connectivity index is 1.82. The zero-order valence-electron chi connectivity index (χ0n) is 17.2. The lowest BCUT2D eigenvalue weighted by Gasteiger charge is -2.36. The number of hydrogen-bond acceptors (Lipinski definition) is 6. The summed E-state index contributed by atoms with van der Waals surface area (Å²) in [4.78, 5) is 61.5. The highest BCUT2D eigenvalue weighted by Gasteiger charge is 2.55. The van der Waals surface area contributed by atoms with Gasteiger partial charge in [-0.2, -0.15) is 0 Å². The summed E-state index contributed by atoms with van der Waals surface area (Å²) >= 11 is 0. The molecule has 0 aromatic carbocycles. The standard InChI is InChI=1S/C19H30N4O6/c1-4-9-20-16(26)13(3)21-14(24)11-29-15(25)10-23-17(27)19(22-18(23)28)8-6-5-7-12(19)2/h12-13H,4-11H2,1-3H3,(H,20,26)(H,21,24)(H,22,28)/t12-,13+,19-/m0/s1. The first-order valence-corrected chi connectivity index (χ1v) is 10.1. The molecule has 10 heteroatoms. The fourth-order valence-corrected chi connectivity index (χ4v) is 3.71. The Morgan fingerprint density at radius 3 is 2.69 bits per heavy atom. The van der Waals surface area contributed by atoms with Gasteiger partial charge >= 0.3 is 12.0 Å². The van der Waals surface area contributed by atoms with Gasteiger partial charge in [0.25, 0.3) is 11.8 Å². The van der Waals surface area contributed by atoms with Crippen LogP contribution in [0.1, 0.15) is 52.9 Å². The van der Waals surface area contributed by atoms with E-state index in [0.29, 0.717) is 13.0 Å². The van der Waals surface area contributed by atoms with Gasteiger partial charge in [0.15, 0.2) is 6.61 Å². The third kappa shape index (κ3) is 5.24. The summed E-state index contributed by atoms with van der Waals surface area (Å²) in [6.45, 7) is 4.68. The highest BCUT2D eigenvalue weighted by atomic mass is 16.5. The first-order valence-electron chi connectivity index (χ1n) is 10.1. The second-order valence-electron chi connectivity index (χ2n) is 7.68. The molecule has 2 aliphatic rings. The highest BCUT2D eigenvalue weighted by Crippen LogP contribution is 2.38. The van der Waals surface area contributed by atoms with Crippen LogP contribution in [0.2, 0.25) is 0 Å². The Labute approximate surface area is 170 Å². The molecular weight excluding hydrogens is 380 g/mol. The van der Waals surface area contributed by atoms with Gasteiger partial charge in [-0.1, -0.05) is 26.7 Å². The summed E-state index contributed by atoms with van der Waals surface area (Å²) in [7, 11) is 0. The monoisotopic (exact) mass is 410 g/mol. The molecule has 0 radical (unpaired) electrons. The minimum absolute atomic E-state index is 0.0140. The van der Waals surface area contributed by atoms with Crippen LogP contribution in [-0.4, -0.2) is 65.9 Å². The maximum Gasteiger partial charge on any atom is 0.326 e. The van der Waals surface area contributed by atoms with Crippen LogP contribution >= 0.6 is 0 Å². The molecule has 1 saturated heterocycles. The predicted molar refractivity (Wildman–Crippen MR) is 102 cm³/mol. The van der Waals surface area contributed by atoms with Crippen molar-refractivity contribution in [2.75, 3.05) is 19.7 Å². The summed E-state index contributed by atoms with van der Waals surface area (Å²) in [6.07, 6.45) is 3.98. The summed E-state index contributed by atoms with van der Waals surface area (Å²) in [5.74, 6) is -2.28. The number of urea groups is 1. The van der Waals surface area contributed by atoms with E-state index in [1.807, 2.05) is 13.8 Å². The molecule has 29 heavy (non-hydrogen) atoms. The van der Waals surface area contributed by atoms with Crippen molar-refractivity contribution in [1.82, 2.24) is 20.9 Å². The van der Waals surface area contributed by atoms with Gasteiger partial charge in [-0.05, 0) is 32.1 Å². The van der Waals surface area contributed by atoms with Crippen molar-refractivity contribution < 1.29 is 28.7 Å². The van der Waals surface area contributed by atoms with Crippen LogP contribution in [0.3, 0.4) is 0 Å². The van der Waals surface area contributed by atoms with Gasteiger partial charge in [0.1, 0.15) is 18.1 Å². The lowest BCUT2D eigenvalue weighted by Crippen LogP contribution is -2.54. The summed E-state index contributed by atoms with van der Waals surface area (Å²) in [5.41, 5.74) is -0.950. The van der Waals surface area contributed by atoms with E-state index in [2.05, 4.69) is 16.0 Å². The summed E-state index contributed by atoms with van der Waals surface area (Å²) in [5, 5.41) is 7.81. The van der Waals surface area contributed by atoms with E-state index in [-0.39, 0.29) is 11.8 Å². The van der Waals surface area contributed by atoms with Crippen molar-refractivity contribution in [3.63, 3.8) is 0 Å². The van der Waals surface area contributed by atoms with E-state index in [0.717, 1.165) is 30.6 Å². The molecule has 1 aliphatic carbocycles. The van der Waals surface area contributed by atoms with E-state index in [1.165, 1.54) is 6.92 Å². The number of ether oxygens (including phenoxy) is 1. The van der Waals surface area contributed by atoms with Crippen LogP contribution in [0.25, 0.3) is 0 Å². The summed E-state index contributed by atoms with van der Waals surface area (Å²) in [6, 6.07) is -1.39. The van der Waals surface area contributed by atoms with Crippen molar-refractivity contribution in [2.24, 2.45) is 5.92 Å². The molecule has 1 aliphatic heterocycles. The molecule has 3 atom stereocenters. The van der Waals surface area contributed by atoms with Crippen LogP contribution in [0.4, 0.5) is 4.79 Å². The van der Waals surface area contributed by atoms with E-state index < -0.39 is 48.5 Å². The van der Waals surface area contributed by atoms with E-state index >= 15 is 0 Å². The highest BCUT2D eigenvalue weighted by molar-refractivity contribution is 6.09. The molecule has 2 rings (SSSR count). The second kappa shape index (κ2) is 9.71. The van der Waals surface area contributed by atoms with Crippen molar-refractivity contribution in [2.45, 2.75) is 64.5 Å². The number of rotatable bonds is 8. The molecule has 2 fully saturated rings. The minimum Gasteiger partial charge on any atom is -0.454 e. The number of esters is 1. The average Bonchev–Trinajstić information content (AvgIpc) is 2.91. The fourth-order valence-electron chi connectivity index (χ4n) is 3.71. The zero-order chi connectivity index (χ0) is 21.6. The van der Waals surface area contributed by atoms with Crippen molar-refractivity contribution in [3.8, 4) is 0 Å². The van der Waals surface area contributed by atoms with Crippen LogP contribution in [0.5, 0.6) is 0 Å². The average molecular weight is 410 g/mol. The maximum absolute atomic E-state index is 12.8. The van der Waals surface area contributed by atoms with Crippen molar-refractivity contribution in [3.05, 3.63) is 0 Å².